The molecule has 1 aromatic rings. The van der Waals surface area contributed by atoms with Crippen molar-refractivity contribution in [3.63, 3.8) is 0 Å². The third-order valence-electron chi connectivity index (χ3n) is 1.86. The van der Waals surface area contributed by atoms with E-state index < -0.39 is 6.10 Å². The number of halogens is 2. The molecular formula is C9H11Br2NO. The lowest BCUT2D eigenvalue weighted by Crippen LogP contribution is -2.23. The lowest BCUT2D eigenvalue weighted by molar-refractivity contribution is 0.164. The summed E-state index contributed by atoms with van der Waals surface area (Å²) in [5, 5.41) is 9.33. The Balaban J connectivity index is 3.07. The summed E-state index contributed by atoms with van der Waals surface area (Å²) in [6, 6.07) is 5.35. The number of benzene rings is 1. The van der Waals surface area contributed by atoms with Crippen LogP contribution >= 0.6 is 31.9 Å². The molecule has 0 aromatic heterocycles. The molecule has 0 saturated heterocycles. The van der Waals surface area contributed by atoms with Gasteiger partial charge in [-0.2, -0.15) is 0 Å². The Hall–Kier alpha value is 0.1000. The van der Waals surface area contributed by atoms with Crippen molar-refractivity contribution in [3.8, 4) is 0 Å². The van der Waals surface area contributed by atoms with Crippen LogP contribution in [0.5, 0.6) is 0 Å². The highest BCUT2D eigenvalue weighted by Gasteiger charge is 2.15. The minimum Gasteiger partial charge on any atom is -0.391 e. The van der Waals surface area contributed by atoms with Crippen LogP contribution in [0.15, 0.2) is 27.1 Å². The van der Waals surface area contributed by atoms with Gasteiger partial charge in [-0.15, -0.1) is 0 Å². The van der Waals surface area contributed by atoms with Gasteiger partial charge in [0.15, 0.2) is 0 Å². The molecule has 0 fully saturated rings. The zero-order valence-electron chi connectivity index (χ0n) is 7.17. The molecular weight excluding hydrogens is 298 g/mol. The van der Waals surface area contributed by atoms with Crippen LogP contribution in [0.25, 0.3) is 0 Å². The zero-order chi connectivity index (χ0) is 10.0. The summed E-state index contributed by atoms with van der Waals surface area (Å²) < 4.78 is 1.85. The molecule has 1 aromatic carbocycles. The summed E-state index contributed by atoms with van der Waals surface area (Å²) in [6.45, 7) is 1.68. The van der Waals surface area contributed by atoms with Gasteiger partial charge in [-0.1, -0.05) is 12.1 Å². The molecule has 0 aliphatic carbocycles. The molecule has 72 valence electrons. The Morgan fingerprint density at radius 1 is 1.38 bits per heavy atom. The Morgan fingerprint density at radius 3 is 2.54 bits per heavy atom. The molecule has 2 unspecified atom stereocenters. The molecule has 2 nitrogen and oxygen atoms in total. The van der Waals surface area contributed by atoms with Gasteiger partial charge in [0.25, 0.3) is 0 Å². The predicted octanol–water partition coefficient (Wildman–Crippen LogP) is 2.59. The molecule has 0 saturated carbocycles. The monoisotopic (exact) mass is 307 g/mol. The maximum Gasteiger partial charge on any atom is 0.0705 e. The van der Waals surface area contributed by atoms with Crippen LogP contribution in [0.4, 0.5) is 0 Å². The molecule has 0 bridgehead atoms. The van der Waals surface area contributed by atoms with Crippen LogP contribution in [-0.4, -0.2) is 11.2 Å². The first-order chi connectivity index (χ1) is 6.04. The summed E-state index contributed by atoms with van der Waals surface area (Å²) in [4.78, 5) is 0. The SMILES string of the molecule is CC(O)C(N)c1cccc(Br)c1Br. The highest BCUT2D eigenvalue weighted by atomic mass is 79.9. The van der Waals surface area contributed by atoms with Gasteiger partial charge >= 0.3 is 0 Å². The number of aliphatic hydroxyl groups is 1. The van der Waals surface area contributed by atoms with E-state index in [1.54, 1.807) is 6.92 Å². The van der Waals surface area contributed by atoms with Crippen molar-refractivity contribution < 1.29 is 5.11 Å². The van der Waals surface area contributed by atoms with E-state index in [0.29, 0.717) is 0 Å². The van der Waals surface area contributed by atoms with Crippen LogP contribution < -0.4 is 5.73 Å². The number of hydrogen-bond acceptors (Lipinski definition) is 2. The summed E-state index contributed by atoms with van der Waals surface area (Å²) in [5.41, 5.74) is 6.71. The number of nitrogens with two attached hydrogens (primary N) is 1. The fourth-order valence-electron chi connectivity index (χ4n) is 1.04. The summed E-state index contributed by atoms with van der Waals surface area (Å²) >= 11 is 6.79. The van der Waals surface area contributed by atoms with Crippen molar-refractivity contribution in [2.24, 2.45) is 5.73 Å². The van der Waals surface area contributed by atoms with Crippen LogP contribution in [0.2, 0.25) is 0 Å². The van der Waals surface area contributed by atoms with Crippen molar-refractivity contribution in [3.05, 3.63) is 32.7 Å². The van der Waals surface area contributed by atoms with E-state index in [2.05, 4.69) is 31.9 Å². The molecule has 0 heterocycles. The number of aliphatic hydroxyl groups excluding tert-OH is 1. The largest absolute Gasteiger partial charge is 0.391 e. The fraction of sp³-hybridized carbons (Fsp3) is 0.333. The Bertz CT molecular complexity index is 302. The fourth-order valence-corrected chi connectivity index (χ4v) is 1.95. The van der Waals surface area contributed by atoms with Gasteiger partial charge in [0.05, 0.1) is 12.1 Å². The Kier molecular flexibility index (Phi) is 3.91. The third-order valence-corrected chi connectivity index (χ3v) is 3.94. The normalized spacial score (nSPS) is 15.5. The topological polar surface area (TPSA) is 46.2 Å². The smallest absolute Gasteiger partial charge is 0.0705 e. The molecule has 2 atom stereocenters. The van der Waals surface area contributed by atoms with Crippen LogP contribution in [0.1, 0.15) is 18.5 Å². The summed E-state index contributed by atoms with van der Waals surface area (Å²) in [5.74, 6) is 0. The first-order valence-corrected chi connectivity index (χ1v) is 5.50. The van der Waals surface area contributed by atoms with Crippen molar-refractivity contribution >= 4 is 31.9 Å². The van der Waals surface area contributed by atoms with Crippen LogP contribution in [0, 0.1) is 0 Å². The molecule has 0 radical (unpaired) electrons. The van der Waals surface area contributed by atoms with Gasteiger partial charge in [0.1, 0.15) is 0 Å². The maximum atomic E-state index is 9.33. The van der Waals surface area contributed by atoms with Crippen LogP contribution in [0.3, 0.4) is 0 Å². The lowest BCUT2D eigenvalue weighted by atomic mass is 10.0. The minimum absolute atomic E-state index is 0.355. The highest BCUT2D eigenvalue weighted by Crippen LogP contribution is 2.30. The standard InChI is InChI=1S/C9H11Br2NO/c1-5(13)9(12)6-3-2-4-7(10)8(6)11/h2-5,9,13H,12H2,1H3. The van der Waals surface area contributed by atoms with E-state index in [0.717, 1.165) is 14.5 Å². The maximum absolute atomic E-state index is 9.33. The van der Waals surface area contributed by atoms with E-state index in [9.17, 15) is 5.11 Å². The average Bonchev–Trinajstić information content (AvgIpc) is 2.08. The molecule has 0 spiro atoms. The minimum atomic E-state index is -0.550. The van der Waals surface area contributed by atoms with Gasteiger partial charge in [0, 0.05) is 8.95 Å². The highest BCUT2D eigenvalue weighted by molar-refractivity contribution is 9.13. The Morgan fingerprint density at radius 2 is 2.00 bits per heavy atom. The zero-order valence-corrected chi connectivity index (χ0v) is 10.3. The Labute approximate surface area is 94.4 Å². The first kappa shape index (κ1) is 11.2. The third kappa shape index (κ3) is 2.53. The average molecular weight is 309 g/mol. The lowest BCUT2D eigenvalue weighted by Gasteiger charge is -2.17. The summed E-state index contributed by atoms with van der Waals surface area (Å²) in [7, 11) is 0. The molecule has 1 rings (SSSR count). The van der Waals surface area contributed by atoms with Gasteiger partial charge in [-0.3, -0.25) is 0 Å². The van der Waals surface area contributed by atoms with Gasteiger partial charge in [-0.05, 0) is 50.4 Å². The van der Waals surface area contributed by atoms with Crippen molar-refractivity contribution in [2.75, 3.05) is 0 Å². The summed E-state index contributed by atoms with van der Waals surface area (Å²) in [6.07, 6.45) is -0.550. The molecule has 13 heavy (non-hydrogen) atoms. The molecule has 0 aliphatic heterocycles. The first-order valence-electron chi connectivity index (χ1n) is 3.91. The molecule has 4 heteroatoms. The molecule has 0 aliphatic rings. The molecule has 0 amide bonds. The van der Waals surface area contributed by atoms with Gasteiger partial charge in [0.2, 0.25) is 0 Å². The van der Waals surface area contributed by atoms with Crippen molar-refractivity contribution in [1.82, 2.24) is 0 Å². The molecule has 3 N–H and O–H groups in total. The second-order valence-corrected chi connectivity index (χ2v) is 4.56. The van der Waals surface area contributed by atoms with Crippen LogP contribution in [-0.2, 0) is 0 Å². The number of hydrogen-bond donors (Lipinski definition) is 2. The van der Waals surface area contributed by atoms with E-state index in [1.165, 1.54) is 0 Å². The second-order valence-electron chi connectivity index (χ2n) is 2.91. The van der Waals surface area contributed by atoms with E-state index >= 15 is 0 Å². The van der Waals surface area contributed by atoms with Crippen molar-refractivity contribution in [1.29, 1.82) is 0 Å². The van der Waals surface area contributed by atoms with Gasteiger partial charge in [-0.25, -0.2) is 0 Å². The van der Waals surface area contributed by atoms with E-state index in [4.69, 9.17) is 5.73 Å². The van der Waals surface area contributed by atoms with Gasteiger partial charge < -0.3 is 10.8 Å². The quantitative estimate of drug-likeness (QED) is 0.882. The van der Waals surface area contributed by atoms with E-state index in [-0.39, 0.29) is 6.04 Å². The predicted molar refractivity (Wildman–Crippen MR) is 60.5 cm³/mol. The number of rotatable bonds is 2. The van der Waals surface area contributed by atoms with Crippen molar-refractivity contribution in [2.45, 2.75) is 19.1 Å². The van der Waals surface area contributed by atoms with E-state index in [1.807, 2.05) is 18.2 Å². The second kappa shape index (κ2) is 4.55.